The van der Waals surface area contributed by atoms with Gasteiger partial charge in [-0.25, -0.2) is 22.8 Å². The molecule has 2 unspecified atom stereocenters. The third-order valence-electron chi connectivity index (χ3n) is 16.6. The second-order valence-corrected chi connectivity index (χ2v) is 24.6. The summed E-state index contributed by atoms with van der Waals surface area (Å²) in [5, 5.41) is 0. The molecule has 5 aromatic carbocycles. The van der Waals surface area contributed by atoms with Crippen molar-refractivity contribution in [3.8, 4) is 56.3 Å². The van der Waals surface area contributed by atoms with E-state index in [2.05, 4.69) is 24.5 Å². The lowest BCUT2D eigenvalue weighted by Crippen LogP contribution is -2.32. The van der Waals surface area contributed by atoms with Gasteiger partial charge in [0.25, 0.3) is 0 Å². The standard InChI is InChI=1S/C20H28N.C18H24N.C17H22N.2C16H20N/c1-13(2)17-8-9-18(15(5)10-17)20-11-16(6)19(14(3)4)12-21(20)7;1-12(2)16-7-8-17(14(4)10-16)18-15(5)9-13(3)11-19(18)6;1-6-15-7-8-16(13(3)10-15)17-14(4)9-12(2)11-18(17)5;1-11-6-7-15(13(3)8-11)16-14(4)9-12(2)10-17(16)5;1-11-6-7-15(13(3)10-11)16-14(4)12(2)8-9-17(16)5/h8-14H,1-7H3;7-12H,1-6H3;7-11H,6H2,1-5H3;2*6-10H,1-5H3/q5*+1/i3D3,13D,14D;1D3,3D3,12D;1D3,2D3,6D2;1D3,2D3;1D3. The van der Waals surface area contributed by atoms with Crippen molar-refractivity contribution in [3.63, 3.8) is 0 Å². The molecule has 2 atom stereocenters. The van der Waals surface area contributed by atoms with Crippen molar-refractivity contribution in [2.24, 2.45) is 35.2 Å². The van der Waals surface area contributed by atoms with E-state index in [0.717, 1.165) is 112 Å². The molecule has 0 aliphatic rings. The topological polar surface area (TPSA) is 19.4 Å². The number of pyridine rings is 5. The van der Waals surface area contributed by atoms with Gasteiger partial charge in [-0.2, -0.15) is 0 Å². The zero-order chi connectivity index (χ0) is 92.9. The quantitative estimate of drug-likeness (QED) is 0.128. The van der Waals surface area contributed by atoms with Gasteiger partial charge in [-0.3, -0.25) is 0 Å². The summed E-state index contributed by atoms with van der Waals surface area (Å²) in [5.41, 5.74) is 23.0. The van der Waals surface area contributed by atoms with Crippen molar-refractivity contribution >= 4 is 0 Å². The monoisotopic (exact) mass is 1260 g/mol. The molecule has 0 saturated carbocycles. The van der Waals surface area contributed by atoms with Crippen LogP contribution in [0, 0.1) is 110 Å². The Balaban J connectivity index is 0.000000235. The summed E-state index contributed by atoms with van der Waals surface area (Å²) in [6.45, 7) is 9.35. The highest BCUT2D eigenvalue weighted by atomic mass is 14.9. The molecule has 0 aliphatic carbocycles. The van der Waals surface area contributed by atoms with Gasteiger partial charge in [0, 0.05) is 124 Å². The van der Waals surface area contributed by atoms with Crippen LogP contribution in [0.2, 0.25) is 0 Å². The number of aryl methyl sites for hydroxylation is 21. The molecule has 482 valence electrons. The van der Waals surface area contributed by atoms with Crippen LogP contribution >= 0.6 is 0 Å². The van der Waals surface area contributed by atoms with Gasteiger partial charge in [0.1, 0.15) is 35.2 Å². The second-order valence-electron chi connectivity index (χ2n) is 24.6. The van der Waals surface area contributed by atoms with E-state index in [9.17, 15) is 0 Å². The fourth-order valence-corrected chi connectivity index (χ4v) is 11.8. The summed E-state index contributed by atoms with van der Waals surface area (Å²) in [5.74, 6) is -4.02. The summed E-state index contributed by atoms with van der Waals surface area (Å²) in [4.78, 5) is 0. The van der Waals surface area contributed by atoms with Gasteiger partial charge in [0.05, 0.1) is 0 Å². The summed E-state index contributed by atoms with van der Waals surface area (Å²) in [7, 11) is 9.23. The fourth-order valence-electron chi connectivity index (χ4n) is 11.8. The fraction of sp³-hybridized carbons (Fsp3) is 0.368. The maximum absolute atomic E-state index is 8.37. The molecule has 0 radical (unpaired) electrons. The number of rotatable bonds is 9. The Labute approximate surface area is 599 Å². The second kappa shape index (κ2) is 31.9. The summed E-state index contributed by atoms with van der Waals surface area (Å²) in [6.07, 6.45) is 6.11. The van der Waals surface area contributed by atoms with Gasteiger partial charge in [0.15, 0.2) is 31.0 Å². The first kappa shape index (κ1) is 41.4. The molecule has 0 fully saturated rings. The van der Waals surface area contributed by atoms with Gasteiger partial charge in [-0.15, -0.1) is 0 Å². The molecule has 0 saturated heterocycles. The van der Waals surface area contributed by atoms with Crippen molar-refractivity contribution in [2.75, 3.05) is 0 Å². The average Bonchev–Trinajstić information content (AvgIpc) is 0.774. The maximum atomic E-state index is 8.37. The van der Waals surface area contributed by atoms with Crippen LogP contribution in [0.25, 0.3) is 56.3 Å². The molecule has 10 aromatic rings. The Bertz CT molecular complexity index is 5240. The van der Waals surface area contributed by atoms with Gasteiger partial charge in [-0.05, 0) is 239 Å². The van der Waals surface area contributed by atoms with Crippen LogP contribution in [0.1, 0.15) is 217 Å². The Hall–Kier alpha value is -8.15. The lowest BCUT2D eigenvalue weighted by molar-refractivity contribution is -0.661. The Morgan fingerprint density at radius 1 is 0.348 bits per heavy atom. The number of benzene rings is 5. The predicted molar refractivity (Wildman–Crippen MR) is 393 cm³/mol. The van der Waals surface area contributed by atoms with E-state index in [1.807, 2.05) is 124 Å². The first-order chi connectivity index (χ1) is 54.6. The van der Waals surface area contributed by atoms with Gasteiger partial charge in [-0.1, -0.05) is 120 Å². The molecule has 5 heterocycles. The van der Waals surface area contributed by atoms with E-state index < -0.39 is 78.9 Å². The van der Waals surface area contributed by atoms with E-state index in [4.69, 9.17) is 39.8 Å². The van der Waals surface area contributed by atoms with E-state index in [-0.39, 0.29) is 22.3 Å². The van der Waals surface area contributed by atoms with Gasteiger partial charge >= 0.3 is 0 Å². The lowest BCUT2D eigenvalue weighted by Gasteiger charge is -2.13. The molecule has 0 aliphatic heterocycles. The molecular weight excluding hydrogens is 1110 g/mol. The van der Waals surface area contributed by atoms with E-state index in [0.29, 0.717) is 22.3 Å². The summed E-state index contributed by atoms with van der Waals surface area (Å²) in [6, 6.07) is 35.3. The molecule has 5 aromatic heterocycles. The number of nitrogens with zero attached hydrogens (tertiary/aromatic N) is 5. The highest BCUT2D eigenvalue weighted by Gasteiger charge is 2.22. The van der Waals surface area contributed by atoms with Crippen molar-refractivity contribution in [2.45, 2.75) is 183 Å². The third-order valence-corrected chi connectivity index (χ3v) is 16.6. The minimum Gasteiger partial charge on any atom is -0.201 e. The predicted octanol–water partition coefficient (Wildman–Crippen LogP) is 19.8. The number of aromatic nitrogens is 5. The van der Waals surface area contributed by atoms with Crippen LogP contribution in [-0.4, -0.2) is 0 Å². The zero-order valence-corrected chi connectivity index (χ0v) is 57.7. The van der Waals surface area contributed by atoms with Crippen molar-refractivity contribution in [1.82, 2.24) is 0 Å². The van der Waals surface area contributed by atoms with Crippen molar-refractivity contribution in [3.05, 3.63) is 264 Å². The molecule has 10 rings (SSSR count). The van der Waals surface area contributed by atoms with Gasteiger partial charge in [0.2, 0.25) is 28.5 Å². The first-order valence-corrected chi connectivity index (χ1v) is 30.7. The molecule has 0 bridgehead atoms. The molecule has 0 N–H and O–H groups in total. The molecule has 5 nitrogen and oxygen atoms in total. The summed E-state index contributed by atoms with van der Waals surface area (Å²) < 4.78 is 231. The lowest BCUT2D eigenvalue weighted by atomic mass is 9.94. The van der Waals surface area contributed by atoms with Crippen LogP contribution in [0.3, 0.4) is 0 Å². The van der Waals surface area contributed by atoms with Crippen LogP contribution in [-0.2, 0) is 41.6 Å². The summed E-state index contributed by atoms with van der Waals surface area (Å²) >= 11 is 0. The van der Waals surface area contributed by atoms with E-state index in [1.165, 1.54) is 31.0 Å². The van der Waals surface area contributed by atoms with E-state index >= 15 is 0 Å². The third kappa shape index (κ3) is 18.1. The molecule has 92 heavy (non-hydrogen) atoms. The minimum absolute atomic E-state index is 0.0955. The largest absolute Gasteiger partial charge is 0.215 e. The Kier molecular flexibility index (Phi) is 14.4. The molecular formula is C87H114N5+5. The first-order valence-electron chi connectivity index (χ1n) is 45.2. The van der Waals surface area contributed by atoms with Crippen LogP contribution in [0.4, 0.5) is 0 Å². The van der Waals surface area contributed by atoms with Gasteiger partial charge < -0.3 is 0 Å². The zero-order valence-electron chi connectivity index (χ0n) is 86.7. The van der Waals surface area contributed by atoms with Crippen molar-refractivity contribution in [1.29, 1.82) is 0 Å². The van der Waals surface area contributed by atoms with Crippen LogP contribution < -0.4 is 22.8 Å². The molecule has 0 amide bonds. The average molecular weight is 1260 g/mol. The molecule has 0 spiro atoms. The highest BCUT2D eigenvalue weighted by molar-refractivity contribution is 5.68. The SMILES string of the molecule is [2H]C(C)(C)c1ccc(-c2cc(C)c(C([2H])(C)C([2H])([2H])[2H])c[n+]2C)c(C)c1.[2H]C([2H])([2H])c1cc(C)c(-c2ccc(C([2H])(C)C([2H])([2H])[2H])cc2C)[n+](C)c1.[2H]C([2H])([2H])c1cc(C)c(-c2ccc(C([2H])([2H])C([2H])([2H])[2H])cc2C)[n+](C)c1.[2H]C([2H])([2H])c1ccc(-c2c(C)c(C)cc[n+]2C)c(C)c1.[2H]C([2H])([2H])c1ccc(-c2c(C)cc(C([2H])([2H])[2H])c[n+]2C)c(C)c1. The molecule has 5 heteroatoms. The number of hydrogen-bond donors (Lipinski definition) is 0. The van der Waals surface area contributed by atoms with Crippen molar-refractivity contribution < 1.29 is 62.6 Å². The maximum Gasteiger partial charge on any atom is 0.215 e. The minimum atomic E-state index is -2.76. The Morgan fingerprint density at radius 3 is 1.15 bits per heavy atom. The van der Waals surface area contributed by atoms with Crippen LogP contribution in [0.15, 0.2) is 152 Å². The number of hydrogen-bond acceptors (Lipinski definition) is 0. The van der Waals surface area contributed by atoms with Crippen LogP contribution in [0.5, 0.6) is 0 Å². The van der Waals surface area contributed by atoms with E-state index in [1.54, 1.807) is 145 Å². The Morgan fingerprint density at radius 2 is 0.750 bits per heavy atom. The normalized spacial score (nSPS) is 18.2. The smallest absolute Gasteiger partial charge is 0.201 e. The highest BCUT2D eigenvalue weighted by Crippen LogP contribution is 2.31.